The molecule has 122 valence electrons. The number of benzene rings is 2. The lowest BCUT2D eigenvalue weighted by molar-refractivity contribution is 0.0764. The van der Waals surface area contributed by atoms with Crippen LogP contribution in [0.3, 0.4) is 0 Å². The fraction of sp³-hybridized carbons (Fsp3) is 0.294. The van der Waals surface area contributed by atoms with Crippen molar-refractivity contribution in [3.05, 3.63) is 53.6 Å². The lowest BCUT2D eigenvalue weighted by Gasteiger charge is -2.27. The highest BCUT2D eigenvalue weighted by atomic mass is 32.2. The predicted octanol–water partition coefficient (Wildman–Crippen LogP) is 2.58. The summed E-state index contributed by atoms with van der Waals surface area (Å²) in [5.41, 5.74) is 0.729. The number of hydrogen-bond donors (Lipinski definition) is 0. The Labute approximate surface area is 135 Å². The highest BCUT2D eigenvalue weighted by Crippen LogP contribution is 2.37. The average molecular weight is 334 g/mol. The minimum Gasteiger partial charge on any atom is -0.496 e. The molecule has 1 unspecified atom stereocenters. The molecule has 1 aliphatic rings. The van der Waals surface area contributed by atoms with Crippen molar-refractivity contribution in [2.75, 3.05) is 14.2 Å². The number of methoxy groups -OCH3 is 2. The van der Waals surface area contributed by atoms with Gasteiger partial charge in [-0.05, 0) is 24.3 Å². The Kier molecular flexibility index (Phi) is 4.28. The van der Waals surface area contributed by atoms with Crippen molar-refractivity contribution in [1.82, 2.24) is 0 Å². The van der Waals surface area contributed by atoms with Gasteiger partial charge in [0.15, 0.2) is 5.44 Å². The van der Waals surface area contributed by atoms with E-state index in [4.69, 9.17) is 14.2 Å². The monoisotopic (exact) mass is 334 g/mol. The third kappa shape index (κ3) is 2.80. The second-order valence-electron chi connectivity index (χ2n) is 5.23. The largest absolute Gasteiger partial charge is 0.496 e. The molecule has 2 aromatic carbocycles. The second kappa shape index (κ2) is 6.22. The van der Waals surface area contributed by atoms with E-state index in [0.29, 0.717) is 11.5 Å². The van der Waals surface area contributed by atoms with Crippen LogP contribution < -0.4 is 9.47 Å². The van der Waals surface area contributed by atoms with Gasteiger partial charge in [0, 0.05) is 17.5 Å². The Bertz CT molecular complexity index is 799. The van der Waals surface area contributed by atoms with Gasteiger partial charge < -0.3 is 14.2 Å². The zero-order valence-corrected chi connectivity index (χ0v) is 13.8. The molecule has 0 radical (unpaired) electrons. The van der Waals surface area contributed by atoms with Crippen LogP contribution in [0.1, 0.15) is 11.1 Å². The summed E-state index contributed by atoms with van der Waals surface area (Å²) in [7, 11) is -0.422. The van der Waals surface area contributed by atoms with Crippen molar-refractivity contribution in [1.29, 1.82) is 0 Å². The molecule has 0 fully saturated rings. The van der Waals surface area contributed by atoms with Gasteiger partial charge in [-0.25, -0.2) is 8.42 Å². The number of ether oxygens (including phenoxy) is 3. The molecule has 1 aliphatic heterocycles. The summed E-state index contributed by atoms with van der Waals surface area (Å²) in [6.45, 7) is 0.173. The highest BCUT2D eigenvalue weighted by Gasteiger charge is 2.34. The topological polar surface area (TPSA) is 61.8 Å². The zero-order chi connectivity index (χ0) is 16.4. The normalized spacial score (nSPS) is 17.4. The molecule has 2 aromatic rings. The Balaban J connectivity index is 2.00. The van der Waals surface area contributed by atoms with E-state index >= 15 is 0 Å². The van der Waals surface area contributed by atoms with Gasteiger partial charge in [0.2, 0.25) is 9.84 Å². The first-order valence-corrected chi connectivity index (χ1v) is 8.76. The Morgan fingerprint density at radius 2 is 1.57 bits per heavy atom. The standard InChI is InChI=1S/C17H18O5S/c1-20-15-8-9-16(21-2)14-11-22-17(10-13(14)15)23(18,19)12-6-4-3-5-7-12/h3-9,17H,10-11H2,1-2H3. The maximum absolute atomic E-state index is 12.8. The molecule has 0 bridgehead atoms. The van der Waals surface area contributed by atoms with Crippen molar-refractivity contribution in [3.63, 3.8) is 0 Å². The lowest BCUT2D eigenvalue weighted by Crippen LogP contribution is -2.31. The van der Waals surface area contributed by atoms with Crippen LogP contribution >= 0.6 is 0 Å². The van der Waals surface area contributed by atoms with Crippen LogP contribution in [-0.2, 0) is 27.6 Å². The summed E-state index contributed by atoms with van der Waals surface area (Å²) in [6.07, 6.45) is 0.229. The van der Waals surface area contributed by atoms with E-state index < -0.39 is 15.3 Å². The fourth-order valence-electron chi connectivity index (χ4n) is 2.78. The van der Waals surface area contributed by atoms with Crippen molar-refractivity contribution in [2.45, 2.75) is 23.4 Å². The quantitative estimate of drug-likeness (QED) is 0.860. The first kappa shape index (κ1) is 15.8. The number of hydrogen-bond acceptors (Lipinski definition) is 5. The van der Waals surface area contributed by atoms with Crippen LogP contribution in [0.5, 0.6) is 11.5 Å². The molecular weight excluding hydrogens is 316 g/mol. The van der Waals surface area contributed by atoms with Crippen molar-refractivity contribution >= 4 is 9.84 Å². The van der Waals surface area contributed by atoms with Gasteiger partial charge in [0.25, 0.3) is 0 Å². The van der Waals surface area contributed by atoms with Gasteiger partial charge in [-0.3, -0.25) is 0 Å². The molecule has 0 aromatic heterocycles. The van der Waals surface area contributed by atoms with E-state index in [1.807, 2.05) is 0 Å². The van der Waals surface area contributed by atoms with E-state index in [2.05, 4.69) is 0 Å². The first-order valence-electron chi connectivity index (χ1n) is 7.21. The number of sulfone groups is 1. The number of fused-ring (bicyclic) bond motifs is 1. The van der Waals surface area contributed by atoms with Crippen LogP contribution in [0.25, 0.3) is 0 Å². The maximum Gasteiger partial charge on any atom is 0.205 e. The summed E-state index contributed by atoms with van der Waals surface area (Å²) >= 11 is 0. The van der Waals surface area contributed by atoms with Gasteiger partial charge in [-0.2, -0.15) is 0 Å². The molecule has 5 nitrogen and oxygen atoms in total. The van der Waals surface area contributed by atoms with Gasteiger partial charge >= 0.3 is 0 Å². The molecule has 23 heavy (non-hydrogen) atoms. The van der Waals surface area contributed by atoms with Crippen LogP contribution in [-0.4, -0.2) is 28.1 Å². The van der Waals surface area contributed by atoms with E-state index in [1.165, 1.54) is 0 Å². The maximum atomic E-state index is 12.8. The molecule has 1 heterocycles. The molecule has 3 rings (SSSR count). The van der Waals surface area contributed by atoms with Gasteiger partial charge in [0.1, 0.15) is 11.5 Å². The summed E-state index contributed by atoms with van der Waals surface area (Å²) in [5.74, 6) is 1.33. The lowest BCUT2D eigenvalue weighted by atomic mass is 10.0. The third-order valence-electron chi connectivity index (χ3n) is 3.99. The third-order valence-corrected chi connectivity index (χ3v) is 5.91. The van der Waals surface area contributed by atoms with Crippen molar-refractivity contribution in [2.24, 2.45) is 0 Å². The molecule has 1 atom stereocenters. The van der Waals surface area contributed by atoms with Crippen molar-refractivity contribution in [3.8, 4) is 11.5 Å². The Morgan fingerprint density at radius 3 is 2.17 bits per heavy atom. The summed E-state index contributed by atoms with van der Waals surface area (Å²) in [5, 5.41) is 0. The molecule has 0 saturated carbocycles. The molecular formula is C17H18O5S. The first-order chi connectivity index (χ1) is 11.1. The molecule has 0 spiro atoms. The van der Waals surface area contributed by atoms with Gasteiger partial charge in [-0.15, -0.1) is 0 Å². The molecule has 6 heteroatoms. The fourth-order valence-corrected chi connectivity index (χ4v) is 4.25. The minimum atomic E-state index is -3.57. The molecule has 0 aliphatic carbocycles. The van der Waals surface area contributed by atoms with E-state index in [1.54, 1.807) is 56.7 Å². The second-order valence-corrected chi connectivity index (χ2v) is 7.32. The van der Waals surface area contributed by atoms with Gasteiger partial charge in [0.05, 0.1) is 25.7 Å². The molecule has 0 amide bonds. The SMILES string of the molecule is COc1ccc(OC)c2c1COC(S(=O)(=O)c1ccccc1)C2. The van der Waals surface area contributed by atoms with Crippen LogP contribution in [0.2, 0.25) is 0 Å². The zero-order valence-electron chi connectivity index (χ0n) is 13.0. The molecule has 0 saturated heterocycles. The summed E-state index contributed by atoms with van der Waals surface area (Å²) in [4.78, 5) is 0.260. The molecule has 0 N–H and O–H groups in total. The van der Waals surface area contributed by atoms with Gasteiger partial charge in [-0.1, -0.05) is 18.2 Å². The van der Waals surface area contributed by atoms with Crippen LogP contribution in [0, 0.1) is 0 Å². The van der Waals surface area contributed by atoms with Crippen LogP contribution in [0.4, 0.5) is 0 Å². The summed E-state index contributed by atoms with van der Waals surface area (Å²) in [6, 6.07) is 11.9. The minimum absolute atomic E-state index is 0.173. The predicted molar refractivity (Wildman–Crippen MR) is 85.5 cm³/mol. The van der Waals surface area contributed by atoms with Crippen LogP contribution in [0.15, 0.2) is 47.4 Å². The van der Waals surface area contributed by atoms with E-state index in [0.717, 1.165) is 11.1 Å². The van der Waals surface area contributed by atoms with E-state index in [9.17, 15) is 8.42 Å². The van der Waals surface area contributed by atoms with E-state index in [-0.39, 0.29) is 17.9 Å². The Hall–Kier alpha value is -2.05. The smallest absolute Gasteiger partial charge is 0.205 e. The average Bonchev–Trinajstić information content (AvgIpc) is 2.61. The Morgan fingerprint density at radius 1 is 0.957 bits per heavy atom. The summed E-state index contributed by atoms with van der Waals surface area (Å²) < 4.78 is 41.9. The van der Waals surface area contributed by atoms with Crippen molar-refractivity contribution < 1.29 is 22.6 Å². The highest BCUT2D eigenvalue weighted by molar-refractivity contribution is 7.92. The number of rotatable bonds is 4.